The van der Waals surface area contributed by atoms with E-state index < -0.39 is 17.8 Å². The number of halogens is 3. The maximum Gasteiger partial charge on any atom is 0.433 e. The summed E-state index contributed by atoms with van der Waals surface area (Å²) in [5, 5.41) is 12.9. The van der Waals surface area contributed by atoms with Gasteiger partial charge in [0.05, 0.1) is 17.0 Å². The number of hydrogen-bond acceptors (Lipinski definition) is 6. The van der Waals surface area contributed by atoms with Gasteiger partial charge >= 0.3 is 6.18 Å². The molecule has 4 rings (SSSR count). The second kappa shape index (κ2) is 10.2. The van der Waals surface area contributed by atoms with E-state index in [1.54, 1.807) is 30.3 Å². The van der Waals surface area contributed by atoms with Gasteiger partial charge in [0.2, 0.25) is 5.91 Å². The van der Waals surface area contributed by atoms with Crippen LogP contribution >= 0.6 is 23.1 Å². The van der Waals surface area contributed by atoms with E-state index in [0.29, 0.717) is 22.0 Å². The molecule has 0 radical (unpaired) electrons. The first kappa shape index (κ1) is 26.2. The van der Waals surface area contributed by atoms with Gasteiger partial charge in [0, 0.05) is 10.4 Å². The zero-order chi connectivity index (χ0) is 26.1. The molecule has 188 valence electrons. The normalized spacial score (nSPS) is 15.8. The van der Waals surface area contributed by atoms with Crippen molar-refractivity contribution in [1.29, 1.82) is 5.26 Å². The molecular weight excluding hydrogens is 505 g/mol. The van der Waals surface area contributed by atoms with Crippen LogP contribution in [0.3, 0.4) is 0 Å². The number of alkyl halides is 3. The average molecular weight is 531 g/mol. The Hall–Kier alpha value is -2.90. The molecule has 1 atom stereocenters. The molecule has 0 spiro atoms. The summed E-state index contributed by atoms with van der Waals surface area (Å²) in [4.78, 5) is 21.7. The van der Waals surface area contributed by atoms with E-state index in [2.05, 4.69) is 42.1 Å². The van der Waals surface area contributed by atoms with Crippen LogP contribution in [0, 0.1) is 22.7 Å². The van der Waals surface area contributed by atoms with E-state index in [0.717, 1.165) is 47.5 Å². The van der Waals surface area contributed by atoms with Crippen molar-refractivity contribution in [2.45, 2.75) is 51.4 Å². The number of carbonyl (C=O) groups excluding carboxylic acids is 1. The van der Waals surface area contributed by atoms with Gasteiger partial charge in [0.15, 0.2) is 5.16 Å². The molecule has 1 aliphatic rings. The van der Waals surface area contributed by atoms with Gasteiger partial charge in [-0.3, -0.25) is 4.79 Å². The number of amides is 1. The molecule has 0 saturated heterocycles. The van der Waals surface area contributed by atoms with Crippen LogP contribution in [-0.4, -0.2) is 21.6 Å². The monoisotopic (exact) mass is 530 g/mol. The van der Waals surface area contributed by atoms with Crippen LogP contribution in [0.5, 0.6) is 0 Å². The Morgan fingerprint density at radius 2 is 1.94 bits per heavy atom. The molecule has 1 aromatic carbocycles. The molecule has 0 saturated carbocycles. The van der Waals surface area contributed by atoms with Gasteiger partial charge < -0.3 is 5.32 Å². The van der Waals surface area contributed by atoms with E-state index in [1.807, 2.05) is 0 Å². The van der Waals surface area contributed by atoms with Crippen LogP contribution in [0.25, 0.3) is 11.3 Å². The predicted molar refractivity (Wildman–Crippen MR) is 136 cm³/mol. The van der Waals surface area contributed by atoms with Gasteiger partial charge in [-0.05, 0) is 42.2 Å². The topological polar surface area (TPSA) is 78.7 Å². The molecular formula is C26H25F3N4OS2. The van der Waals surface area contributed by atoms with Gasteiger partial charge in [-0.2, -0.15) is 18.4 Å². The Kier molecular flexibility index (Phi) is 7.43. The second-order valence-corrected chi connectivity index (χ2v) is 11.8. The maximum atomic E-state index is 13.4. The first-order valence-corrected chi connectivity index (χ1v) is 13.2. The number of thiophene rings is 1. The molecule has 0 bridgehead atoms. The molecule has 1 N–H and O–H groups in total. The highest BCUT2D eigenvalue weighted by Gasteiger charge is 2.34. The van der Waals surface area contributed by atoms with Crippen molar-refractivity contribution < 1.29 is 18.0 Å². The third-order valence-corrected chi connectivity index (χ3v) is 8.27. The minimum absolute atomic E-state index is 0.131. The number of rotatable bonds is 5. The molecule has 0 fully saturated rings. The molecule has 0 aliphatic heterocycles. The number of nitriles is 1. The van der Waals surface area contributed by atoms with Gasteiger partial charge in [-0.15, -0.1) is 11.3 Å². The highest BCUT2D eigenvalue weighted by atomic mass is 32.2. The summed E-state index contributed by atoms with van der Waals surface area (Å²) in [6.07, 6.45) is -2.00. The van der Waals surface area contributed by atoms with Crippen LogP contribution in [0.2, 0.25) is 0 Å². The number of carbonyl (C=O) groups is 1. The van der Waals surface area contributed by atoms with E-state index >= 15 is 0 Å². The second-order valence-electron chi connectivity index (χ2n) is 9.75. The first-order valence-electron chi connectivity index (χ1n) is 11.4. The fourth-order valence-electron chi connectivity index (χ4n) is 4.22. The first-order chi connectivity index (χ1) is 17.0. The van der Waals surface area contributed by atoms with E-state index in [-0.39, 0.29) is 22.0 Å². The SMILES string of the molecule is CC(C)(C)C1CCc2c(sc(NC(=O)CSc3nc(-c4ccccc4)cc(C(F)(F)F)n3)c2C#N)C1. The molecule has 36 heavy (non-hydrogen) atoms. The zero-order valence-electron chi connectivity index (χ0n) is 20.1. The highest BCUT2D eigenvalue weighted by Crippen LogP contribution is 2.44. The van der Waals surface area contributed by atoms with Gasteiger partial charge in [0.25, 0.3) is 0 Å². The van der Waals surface area contributed by atoms with Crippen LogP contribution < -0.4 is 5.32 Å². The fourth-order valence-corrected chi connectivity index (χ4v) is 6.17. The van der Waals surface area contributed by atoms with Crippen LogP contribution in [0.4, 0.5) is 18.2 Å². The maximum absolute atomic E-state index is 13.4. The summed E-state index contributed by atoms with van der Waals surface area (Å²) in [6.45, 7) is 6.63. The predicted octanol–water partition coefficient (Wildman–Crippen LogP) is 6.98. The van der Waals surface area contributed by atoms with E-state index in [9.17, 15) is 23.2 Å². The van der Waals surface area contributed by atoms with E-state index in [1.165, 1.54) is 11.3 Å². The van der Waals surface area contributed by atoms with Crippen molar-refractivity contribution in [1.82, 2.24) is 9.97 Å². The summed E-state index contributed by atoms with van der Waals surface area (Å²) in [5.74, 6) is -0.121. The van der Waals surface area contributed by atoms with Crippen molar-refractivity contribution in [3.63, 3.8) is 0 Å². The zero-order valence-corrected chi connectivity index (χ0v) is 21.7. The largest absolute Gasteiger partial charge is 0.433 e. The minimum atomic E-state index is -4.65. The number of nitrogens with one attached hydrogen (secondary N) is 1. The molecule has 2 heterocycles. The van der Waals surface area contributed by atoms with Gasteiger partial charge in [-0.1, -0.05) is 62.9 Å². The number of hydrogen-bond donors (Lipinski definition) is 1. The summed E-state index contributed by atoms with van der Waals surface area (Å²) in [7, 11) is 0. The Balaban J connectivity index is 1.50. The van der Waals surface area contributed by atoms with Gasteiger partial charge in [0.1, 0.15) is 16.8 Å². The number of fused-ring (bicyclic) bond motifs is 1. The van der Waals surface area contributed by atoms with Crippen molar-refractivity contribution in [2.24, 2.45) is 11.3 Å². The van der Waals surface area contributed by atoms with Crippen molar-refractivity contribution in [3.05, 3.63) is 58.1 Å². The molecule has 3 aromatic rings. The van der Waals surface area contributed by atoms with Crippen molar-refractivity contribution in [3.8, 4) is 17.3 Å². The summed E-state index contributed by atoms with van der Waals surface area (Å²) in [5.41, 5.74) is 1.23. The smallest absolute Gasteiger partial charge is 0.316 e. The molecule has 1 amide bonds. The Labute approximate surface area is 216 Å². The van der Waals surface area contributed by atoms with Crippen molar-refractivity contribution in [2.75, 3.05) is 11.1 Å². The lowest BCUT2D eigenvalue weighted by Gasteiger charge is -2.33. The standard InChI is InChI=1S/C26H25F3N4OS2/c1-25(2,3)16-9-10-17-18(13-30)23(36-20(17)11-16)33-22(34)14-35-24-31-19(15-7-5-4-6-8-15)12-21(32-24)26(27,28)29/h4-8,12,16H,9-11,14H2,1-3H3,(H,33,34). The summed E-state index contributed by atoms with van der Waals surface area (Å²) < 4.78 is 40.3. The van der Waals surface area contributed by atoms with Crippen LogP contribution in [-0.2, 0) is 23.8 Å². The lowest BCUT2D eigenvalue weighted by atomic mass is 9.72. The number of thioether (sulfide) groups is 1. The average Bonchev–Trinajstić information content (AvgIpc) is 3.18. The number of benzene rings is 1. The fraction of sp³-hybridized carbons (Fsp3) is 0.385. The molecule has 2 aromatic heterocycles. The molecule has 10 heteroatoms. The third-order valence-electron chi connectivity index (χ3n) is 6.25. The number of aromatic nitrogens is 2. The lowest BCUT2D eigenvalue weighted by molar-refractivity contribution is -0.141. The molecule has 5 nitrogen and oxygen atoms in total. The number of nitrogens with zero attached hydrogens (tertiary/aromatic N) is 3. The third kappa shape index (κ3) is 5.90. The quantitative estimate of drug-likeness (QED) is 0.284. The van der Waals surface area contributed by atoms with Crippen molar-refractivity contribution >= 4 is 34.0 Å². The number of anilines is 1. The van der Waals surface area contributed by atoms with E-state index in [4.69, 9.17) is 0 Å². The minimum Gasteiger partial charge on any atom is -0.316 e. The van der Waals surface area contributed by atoms with Crippen LogP contribution in [0.1, 0.15) is 48.9 Å². The Morgan fingerprint density at radius 1 is 1.22 bits per heavy atom. The molecule has 1 aliphatic carbocycles. The lowest BCUT2D eigenvalue weighted by Crippen LogP contribution is -2.26. The Bertz CT molecular complexity index is 1310. The molecule has 1 unspecified atom stereocenters. The summed E-state index contributed by atoms with van der Waals surface area (Å²) >= 11 is 2.24. The van der Waals surface area contributed by atoms with Crippen LogP contribution in [0.15, 0.2) is 41.6 Å². The summed E-state index contributed by atoms with van der Waals surface area (Å²) in [6, 6.07) is 11.6. The Morgan fingerprint density at radius 3 is 2.58 bits per heavy atom. The van der Waals surface area contributed by atoms with Gasteiger partial charge in [-0.25, -0.2) is 9.97 Å². The highest BCUT2D eigenvalue weighted by molar-refractivity contribution is 7.99.